The van der Waals surface area contributed by atoms with Crippen LogP contribution in [0.1, 0.15) is 10.4 Å². The van der Waals surface area contributed by atoms with E-state index in [2.05, 4.69) is 9.97 Å². The molecule has 136 valence electrons. The van der Waals surface area contributed by atoms with Crippen molar-refractivity contribution in [2.75, 3.05) is 32.0 Å². The number of aromatic nitrogens is 3. The molecule has 0 unspecified atom stereocenters. The molecule has 0 aliphatic carbocycles. The predicted molar refractivity (Wildman–Crippen MR) is 99.3 cm³/mol. The molecule has 0 saturated carbocycles. The maximum Gasteiger partial charge on any atom is 0.292 e. The molecule has 3 aromatic heterocycles. The smallest absolute Gasteiger partial charge is 0.292 e. The molecule has 1 aliphatic heterocycles. The first-order valence-corrected chi connectivity index (χ1v) is 8.69. The van der Waals surface area contributed by atoms with Gasteiger partial charge in [-0.15, -0.1) is 0 Å². The molecule has 8 nitrogen and oxygen atoms in total. The molecule has 0 atom stereocenters. The average molecular weight is 363 g/mol. The van der Waals surface area contributed by atoms with Crippen molar-refractivity contribution < 1.29 is 13.9 Å². The number of benzene rings is 1. The molecule has 0 radical (unpaired) electrons. The van der Waals surface area contributed by atoms with Gasteiger partial charge in [0.15, 0.2) is 5.58 Å². The van der Waals surface area contributed by atoms with Crippen LogP contribution in [0.2, 0.25) is 0 Å². The van der Waals surface area contributed by atoms with Gasteiger partial charge in [0.05, 0.1) is 30.7 Å². The molecule has 4 heterocycles. The molecule has 0 bridgehead atoms. The Morgan fingerprint density at radius 2 is 2.00 bits per heavy atom. The van der Waals surface area contributed by atoms with E-state index in [1.807, 2.05) is 45.8 Å². The van der Waals surface area contributed by atoms with Crippen LogP contribution in [0, 0.1) is 0 Å². The van der Waals surface area contributed by atoms with Crippen molar-refractivity contribution in [3.05, 3.63) is 48.3 Å². The Balaban J connectivity index is 1.57. The largest absolute Gasteiger partial charge is 0.424 e. The number of carbonyl (C=O) groups excluding carboxylic acids is 1. The summed E-state index contributed by atoms with van der Waals surface area (Å²) in [6.07, 6.45) is 3.61. The van der Waals surface area contributed by atoms with Crippen LogP contribution >= 0.6 is 0 Å². The first-order chi connectivity index (χ1) is 13.2. The number of imidazole rings is 1. The number of oxazole rings is 1. The second-order valence-corrected chi connectivity index (χ2v) is 6.43. The van der Waals surface area contributed by atoms with E-state index in [4.69, 9.17) is 14.9 Å². The number of ether oxygens (including phenoxy) is 1. The number of amides is 1. The van der Waals surface area contributed by atoms with Gasteiger partial charge in [-0.1, -0.05) is 0 Å². The highest BCUT2D eigenvalue weighted by atomic mass is 16.5. The highest BCUT2D eigenvalue weighted by molar-refractivity contribution is 5.94. The van der Waals surface area contributed by atoms with Gasteiger partial charge in [-0.3, -0.25) is 9.20 Å². The highest BCUT2D eigenvalue weighted by Crippen LogP contribution is 2.26. The normalized spacial score (nSPS) is 14.9. The van der Waals surface area contributed by atoms with Crippen molar-refractivity contribution in [2.45, 2.75) is 0 Å². The number of hydrogen-bond donors (Lipinski definition) is 1. The Morgan fingerprint density at radius 3 is 2.85 bits per heavy atom. The standard InChI is InChI=1S/C19H17N5O3/c20-19-22-14-9-12(1-3-16(14)27-19)15-10-21-17-4-2-13(11-24(15)17)18(25)23-5-7-26-8-6-23/h1-4,9-11H,5-8H2,(H2,20,22). The summed E-state index contributed by atoms with van der Waals surface area (Å²) in [6.45, 7) is 2.37. The second-order valence-electron chi connectivity index (χ2n) is 6.43. The quantitative estimate of drug-likeness (QED) is 0.586. The van der Waals surface area contributed by atoms with Crippen molar-refractivity contribution in [1.82, 2.24) is 19.3 Å². The molecule has 1 aliphatic rings. The summed E-state index contributed by atoms with van der Waals surface area (Å²) in [5.74, 6) is -0.000392. The minimum atomic E-state index is -0.000392. The summed E-state index contributed by atoms with van der Waals surface area (Å²) >= 11 is 0. The maximum absolute atomic E-state index is 12.8. The molecular weight excluding hydrogens is 346 g/mol. The van der Waals surface area contributed by atoms with Crippen LogP contribution in [0.4, 0.5) is 6.01 Å². The number of carbonyl (C=O) groups is 1. The Bertz CT molecular complexity index is 1160. The molecule has 27 heavy (non-hydrogen) atoms. The SMILES string of the molecule is Nc1nc2cc(-c3cnc4ccc(C(=O)N5CCOCC5)cn34)ccc2o1. The lowest BCUT2D eigenvalue weighted by molar-refractivity contribution is 0.0302. The minimum Gasteiger partial charge on any atom is -0.424 e. The summed E-state index contributed by atoms with van der Waals surface area (Å²) in [7, 11) is 0. The highest BCUT2D eigenvalue weighted by Gasteiger charge is 2.19. The maximum atomic E-state index is 12.8. The number of nitrogens with two attached hydrogens (primary N) is 1. The zero-order valence-corrected chi connectivity index (χ0v) is 14.5. The van der Waals surface area contributed by atoms with Crippen LogP contribution in [0.5, 0.6) is 0 Å². The molecule has 5 rings (SSSR count). The number of anilines is 1. The third-order valence-corrected chi connectivity index (χ3v) is 4.75. The van der Waals surface area contributed by atoms with E-state index in [0.29, 0.717) is 43.0 Å². The summed E-state index contributed by atoms with van der Waals surface area (Å²) in [6, 6.07) is 9.45. The topological polar surface area (TPSA) is 98.9 Å². The molecule has 1 saturated heterocycles. The number of hydrogen-bond acceptors (Lipinski definition) is 6. The van der Waals surface area contributed by atoms with Gasteiger partial charge >= 0.3 is 0 Å². The van der Waals surface area contributed by atoms with E-state index in [1.54, 1.807) is 6.20 Å². The lowest BCUT2D eigenvalue weighted by Crippen LogP contribution is -2.40. The first-order valence-electron chi connectivity index (χ1n) is 8.69. The van der Waals surface area contributed by atoms with E-state index in [0.717, 1.165) is 16.9 Å². The van der Waals surface area contributed by atoms with Crippen LogP contribution in [0.15, 0.2) is 47.1 Å². The molecule has 1 aromatic carbocycles. The third-order valence-electron chi connectivity index (χ3n) is 4.75. The fourth-order valence-corrected chi connectivity index (χ4v) is 3.37. The first kappa shape index (κ1) is 15.8. The van der Waals surface area contributed by atoms with Crippen LogP contribution < -0.4 is 5.73 Å². The van der Waals surface area contributed by atoms with Crippen molar-refractivity contribution in [3.63, 3.8) is 0 Å². The van der Waals surface area contributed by atoms with Gasteiger partial charge in [-0.05, 0) is 30.3 Å². The van der Waals surface area contributed by atoms with Crippen molar-refractivity contribution in [2.24, 2.45) is 0 Å². The Labute approximate surface area is 154 Å². The summed E-state index contributed by atoms with van der Waals surface area (Å²) < 4.78 is 12.6. The number of morpholine rings is 1. The minimum absolute atomic E-state index is 0.000392. The zero-order valence-electron chi connectivity index (χ0n) is 14.5. The third kappa shape index (κ3) is 2.70. The zero-order chi connectivity index (χ0) is 18.4. The molecule has 4 aromatic rings. The molecule has 1 fully saturated rings. The van der Waals surface area contributed by atoms with Gasteiger partial charge in [0, 0.05) is 24.8 Å². The number of rotatable bonds is 2. The molecule has 0 spiro atoms. The lowest BCUT2D eigenvalue weighted by atomic mass is 10.1. The van der Waals surface area contributed by atoms with Crippen LogP contribution in [-0.2, 0) is 4.74 Å². The van der Waals surface area contributed by atoms with E-state index < -0.39 is 0 Å². The Hall–Kier alpha value is -3.39. The van der Waals surface area contributed by atoms with Gasteiger partial charge < -0.3 is 19.8 Å². The van der Waals surface area contributed by atoms with E-state index in [1.165, 1.54) is 0 Å². The molecule has 8 heteroatoms. The van der Waals surface area contributed by atoms with E-state index >= 15 is 0 Å². The fourth-order valence-electron chi connectivity index (χ4n) is 3.37. The van der Waals surface area contributed by atoms with Crippen molar-refractivity contribution >= 4 is 28.7 Å². The lowest BCUT2D eigenvalue weighted by Gasteiger charge is -2.26. The van der Waals surface area contributed by atoms with Gasteiger partial charge in [0.1, 0.15) is 11.2 Å². The van der Waals surface area contributed by atoms with Crippen molar-refractivity contribution in [3.8, 4) is 11.3 Å². The fraction of sp³-hybridized carbons (Fsp3) is 0.211. The predicted octanol–water partition coefficient (Wildman–Crippen LogP) is 2.20. The number of fused-ring (bicyclic) bond motifs is 2. The van der Waals surface area contributed by atoms with E-state index in [-0.39, 0.29) is 11.9 Å². The average Bonchev–Trinajstić information content (AvgIpc) is 3.29. The monoisotopic (exact) mass is 363 g/mol. The van der Waals surface area contributed by atoms with Crippen LogP contribution in [-0.4, -0.2) is 51.5 Å². The number of pyridine rings is 1. The Morgan fingerprint density at radius 1 is 1.15 bits per heavy atom. The van der Waals surface area contributed by atoms with Gasteiger partial charge in [-0.2, -0.15) is 4.98 Å². The molecular formula is C19H17N5O3. The molecule has 1 amide bonds. The molecule has 2 N–H and O–H groups in total. The summed E-state index contributed by atoms with van der Waals surface area (Å²) in [4.78, 5) is 23.2. The van der Waals surface area contributed by atoms with Crippen molar-refractivity contribution in [1.29, 1.82) is 0 Å². The second kappa shape index (κ2) is 6.10. The van der Waals surface area contributed by atoms with Crippen LogP contribution in [0.25, 0.3) is 28.0 Å². The Kier molecular flexibility index (Phi) is 3.58. The van der Waals surface area contributed by atoms with Gasteiger partial charge in [-0.25, -0.2) is 4.98 Å². The number of nitrogen functional groups attached to an aromatic ring is 1. The summed E-state index contributed by atoms with van der Waals surface area (Å²) in [5, 5.41) is 0. The van der Waals surface area contributed by atoms with Crippen LogP contribution in [0.3, 0.4) is 0 Å². The van der Waals surface area contributed by atoms with Gasteiger partial charge in [0.25, 0.3) is 11.9 Å². The number of nitrogens with zero attached hydrogens (tertiary/aromatic N) is 4. The van der Waals surface area contributed by atoms with E-state index in [9.17, 15) is 4.79 Å². The summed E-state index contributed by atoms with van der Waals surface area (Å²) in [5.41, 5.74) is 10.1. The van der Waals surface area contributed by atoms with Gasteiger partial charge in [0.2, 0.25) is 0 Å².